The molecule has 0 spiro atoms. The van der Waals surface area contributed by atoms with E-state index in [4.69, 9.17) is 28.9 Å². The molecule has 0 amide bonds. The highest BCUT2D eigenvalue weighted by atomic mass is 35.5. The third-order valence-electron chi connectivity index (χ3n) is 3.87. The zero-order valence-corrected chi connectivity index (χ0v) is 15.2. The Hall–Kier alpha value is -2.11. The SMILES string of the molecule is Cc1cc(N)n(-c2nc(Cc3c(Cl)cccc3Cl)nc(C)c2C)n1. The average molecular weight is 362 g/mol. The minimum absolute atomic E-state index is 0.437. The molecule has 2 aromatic heterocycles. The van der Waals surface area contributed by atoms with Crippen LogP contribution in [0.1, 0.15) is 28.3 Å². The lowest BCUT2D eigenvalue weighted by molar-refractivity contribution is 0.797. The van der Waals surface area contributed by atoms with Crippen molar-refractivity contribution in [3.63, 3.8) is 0 Å². The van der Waals surface area contributed by atoms with Gasteiger partial charge in [0.2, 0.25) is 0 Å². The molecular weight excluding hydrogens is 345 g/mol. The van der Waals surface area contributed by atoms with Crippen LogP contribution in [0.5, 0.6) is 0 Å². The highest BCUT2D eigenvalue weighted by Gasteiger charge is 2.15. The van der Waals surface area contributed by atoms with E-state index in [1.165, 1.54) is 0 Å². The lowest BCUT2D eigenvalue weighted by Gasteiger charge is -2.12. The predicted octanol–water partition coefficient (Wildman–Crippen LogP) is 4.07. The number of rotatable bonds is 3. The molecule has 0 saturated carbocycles. The van der Waals surface area contributed by atoms with Crippen LogP contribution in [-0.4, -0.2) is 19.7 Å². The Balaban J connectivity index is 2.09. The van der Waals surface area contributed by atoms with Gasteiger partial charge in [0.05, 0.1) is 5.69 Å². The molecule has 0 aliphatic rings. The fraction of sp³-hybridized carbons (Fsp3) is 0.235. The van der Waals surface area contributed by atoms with Crippen molar-refractivity contribution in [2.75, 3.05) is 5.73 Å². The molecule has 2 N–H and O–H groups in total. The first-order chi connectivity index (χ1) is 11.4. The maximum Gasteiger partial charge on any atom is 0.162 e. The van der Waals surface area contributed by atoms with Crippen LogP contribution in [0.4, 0.5) is 5.82 Å². The standard InChI is InChI=1S/C17H17Cl2N5/c1-9-7-15(20)24(23-9)17-10(2)11(3)21-16(22-17)8-12-13(18)5-4-6-14(12)19/h4-7H,8,20H2,1-3H3. The number of aryl methyl sites for hydroxylation is 2. The number of nitrogen functional groups attached to an aromatic ring is 1. The molecule has 0 atom stereocenters. The summed E-state index contributed by atoms with van der Waals surface area (Å²) in [6.45, 7) is 5.78. The molecule has 0 aliphatic carbocycles. The zero-order valence-electron chi connectivity index (χ0n) is 13.6. The summed E-state index contributed by atoms with van der Waals surface area (Å²) in [4.78, 5) is 9.21. The molecule has 7 heteroatoms. The smallest absolute Gasteiger partial charge is 0.162 e. The Morgan fingerprint density at radius 1 is 1.08 bits per heavy atom. The van der Waals surface area contributed by atoms with Crippen molar-refractivity contribution >= 4 is 29.0 Å². The Bertz CT molecular complexity index is 897. The van der Waals surface area contributed by atoms with E-state index in [1.54, 1.807) is 16.8 Å². The third kappa shape index (κ3) is 3.09. The van der Waals surface area contributed by atoms with Gasteiger partial charge in [-0.3, -0.25) is 0 Å². The van der Waals surface area contributed by atoms with Gasteiger partial charge in [-0.25, -0.2) is 9.97 Å². The second-order valence-corrected chi connectivity index (χ2v) is 6.49. The Morgan fingerprint density at radius 2 is 1.75 bits per heavy atom. The maximum absolute atomic E-state index is 6.26. The predicted molar refractivity (Wildman–Crippen MR) is 97.0 cm³/mol. The summed E-state index contributed by atoms with van der Waals surface area (Å²) in [5, 5.41) is 5.61. The molecule has 2 heterocycles. The fourth-order valence-corrected chi connectivity index (χ4v) is 3.04. The number of halogens is 2. The van der Waals surface area contributed by atoms with E-state index >= 15 is 0 Å². The van der Waals surface area contributed by atoms with Crippen molar-refractivity contribution in [1.29, 1.82) is 0 Å². The summed E-state index contributed by atoms with van der Waals surface area (Å²) in [5.74, 6) is 1.83. The summed E-state index contributed by atoms with van der Waals surface area (Å²) in [7, 11) is 0. The van der Waals surface area contributed by atoms with Gasteiger partial charge < -0.3 is 5.73 Å². The van der Waals surface area contributed by atoms with Crippen molar-refractivity contribution < 1.29 is 0 Å². The number of anilines is 1. The van der Waals surface area contributed by atoms with Crippen LogP contribution in [0.2, 0.25) is 10.0 Å². The van der Waals surface area contributed by atoms with Gasteiger partial charge >= 0.3 is 0 Å². The van der Waals surface area contributed by atoms with E-state index in [9.17, 15) is 0 Å². The van der Waals surface area contributed by atoms with Crippen molar-refractivity contribution in [3.8, 4) is 5.82 Å². The maximum atomic E-state index is 6.26. The number of nitrogens with two attached hydrogens (primary N) is 1. The molecular formula is C17H17Cl2N5. The molecule has 3 rings (SSSR count). The van der Waals surface area contributed by atoms with Crippen molar-refractivity contribution in [2.24, 2.45) is 0 Å². The topological polar surface area (TPSA) is 69.6 Å². The van der Waals surface area contributed by atoms with Crippen LogP contribution >= 0.6 is 23.2 Å². The quantitative estimate of drug-likeness (QED) is 0.763. The normalized spacial score (nSPS) is 11.0. The van der Waals surface area contributed by atoms with Crippen LogP contribution in [0.25, 0.3) is 5.82 Å². The first kappa shape index (κ1) is 16.7. The second kappa shape index (κ2) is 6.42. The Morgan fingerprint density at radius 3 is 2.33 bits per heavy atom. The molecule has 0 unspecified atom stereocenters. The highest BCUT2D eigenvalue weighted by Crippen LogP contribution is 2.27. The van der Waals surface area contributed by atoms with Crippen LogP contribution < -0.4 is 5.73 Å². The van der Waals surface area contributed by atoms with Crippen molar-refractivity contribution in [2.45, 2.75) is 27.2 Å². The third-order valence-corrected chi connectivity index (χ3v) is 4.57. The monoisotopic (exact) mass is 361 g/mol. The van der Waals surface area contributed by atoms with E-state index in [0.717, 1.165) is 22.5 Å². The minimum atomic E-state index is 0.437. The van der Waals surface area contributed by atoms with E-state index in [2.05, 4.69) is 15.1 Å². The number of aromatic nitrogens is 4. The highest BCUT2D eigenvalue weighted by molar-refractivity contribution is 6.36. The van der Waals surface area contributed by atoms with Gasteiger partial charge in [0.1, 0.15) is 11.6 Å². The van der Waals surface area contributed by atoms with Crippen molar-refractivity contribution in [3.05, 3.63) is 62.6 Å². The van der Waals surface area contributed by atoms with Gasteiger partial charge in [0.25, 0.3) is 0 Å². The second-order valence-electron chi connectivity index (χ2n) is 5.67. The molecule has 124 valence electrons. The minimum Gasteiger partial charge on any atom is -0.384 e. The summed E-state index contributed by atoms with van der Waals surface area (Å²) in [6.07, 6.45) is 0.437. The lowest BCUT2D eigenvalue weighted by atomic mass is 10.1. The van der Waals surface area contributed by atoms with Crippen LogP contribution in [0.15, 0.2) is 24.3 Å². The van der Waals surface area contributed by atoms with Crippen molar-refractivity contribution in [1.82, 2.24) is 19.7 Å². The Labute approximate surface area is 150 Å². The van der Waals surface area contributed by atoms with Crippen LogP contribution in [0.3, 0.4) is 0 Å². The first-order valence-corrected chi connectivity index (χ1v) is 8.22. The number of nitrogens with zero attached hydrogens (tertiary/aromatic N) is 4. The number of hydrogen-bond acceptors (Lipinski definition) is 4. The summed E-state index contributed by atoms with van der Waals surface area (Å²) >= 11 is 12.5. The molecule has 24 heavy (non-hydrogen) atoms. The number of benzene rings is 1. The molecule has 0 bridgehead atoms. The van der Waals surface area contributed by atoms with Gasteiger partial charge in [-0.15, -0.1) is 0 Å². The average Bonchev–Trinajstić information content (AvgIpc) is 2.85. The van der Waals surface area contributed by atoms with E-state index in [-0.39, 0.29) is 0 Å². The van der Waals surface area contributed by atoms with Gasteiger partial charge in [0, 0.05) is 33.8 Å². The zero-order chi connectivity index (χ0) is 17.4. The Kier molecular flexibility index (Phi) is 4.47. The molecule has 0 fully saturated rings. The van der Waals surface area contributed by atoms with E-state index < -0.39 is 0 Å². The molecule has 3 aromatic rings. The molecule has 5 nitrogen and oxygen atoms in total. The largest absolute Gasteiger partial charge is 0.384 e. The van der Waals surface area contributed by atoms with Gasteiger partial charge in [-0.2, -0.15) is 9.78 Å². The summed E-state index contributed by atoms with van der Waals surface area (Å²) in [5.41, 5.74) is 9.47. The van der Waals surface area contributed by atoms with Gasteiger partial charge in [-0.1, -0.05) is 29.3 Å². The van der Waals surface area contributed by atoms with E-state index in [1.807, 2.05) is 32.9 Å². The van der Waals surface area contributed by atoms with Gasteiger partial charge in [-0.05, 0) is 38.5 Å². The molecule has 0 aliphatic heterocycles. The first-order valence-electron chi connectivity index (χ1n) is 7.46. The molecule has 0 saturated heterocycles. The van der Waals surface area contributed by atoms with Crippen LogP contribution in [0, 0.1) is 20.8 Å². The van der Waals surface area contributed by atoms with E-state index in [0.29, 0.717) is 33.9 Å². The van der Waals surface area contributed by atoms with Gasteiger partial charge in [0.15, 0.2) is 5.82 Å². The summed E-state index contributed by atoms with van der Waals surface area (Å²) in [6, 6.07) is 7.23. The number of hydrogen-bond donors (Lipinski definition) is 1. The lowest BCUT2D eigenvalue weighted by Crippen LogP contribution is -2.11. The fourth-order valence-electron chi connectivity index (χ4n) is 2.50. The summed E-state index contributed by atoms with van der Waals surface area (Å²) < 4.78 is 1.64. The molecule has 1 aromatic carbocycles. The van der Waals surface area contributed by atoms with Crippen LogP contribution in [-0.2, 0) is 6.42 Å². The molecule has 0 radical (unpaired) electrons.